The lowest BCUT2D eigenvalue weighted by molar-refractivity contribution is -0.138. The Kier molecular flexibility index (Phi) is 10.0. The lowest BCUT2D eigenvalue weighted by Gasteiger charge is -2.47. The lowest BCUT2D eigenvalue weighted by atomic mass is 9.82. The summed E-state index contributed by atoms with van der Waals surface area (Å²) < 4.78 is 0. The molecule has 1 saturated heterocycles. The van der Waals surface area contributed by atoms with Crippen LogP contribution in [0.2, 0.25) is 0 Å². The smallest absolute Gasteiger partial charge is 0.290 e. The van der Waals surface area contributed by atoms with Crippen LogP contribution in [0, 0.1) is 12.3 Å². The van der Waals surface area contributed by atoms with Crippen LogP contribution < -0.4 is 0 Å². The lowest BCUT2D eigenvalue weighted by Crippen LogP contribution is -2.61. The number of nitrogens with one attached hydrogen (secondary N) is 1. The average Bonchev–Trinajstić information content (AvgIpc) is 2.90. The van der Waals surface area contributed by atoms with Crippen LogP contribution >= 0.6 is 0 Å². The summed E-state index contributed by atoms with van der Waals surface area (Å²) >= 11 is 0. The molecule has 1 aliphatic rings. The molecule has 1 heterocycles. The van der Waals surface area contributed by atoms with E-state index in [1.54, 1.807) is 0 Å². The molecule has 1 atom stereocenters. The number of amides is 1. The third-order valence-electron chi connectivity index (χ3n) is 6.85. The van der Waals surface area contributed by atoms with E-state index >= 15 is 0 Å². The number of benzene rings is 3. The molecular formula is C31H37N3O3. The van der Waals surface area contributed by atoms with Crippen molar-refractivity contribution in [3.05, 3.63) is 107 Å². The van der Waals surface area contributed by atoms with Crippen LogP contribution in [0.4, 0.5) is 0 Å². The Bertz CT molecular complexity index is 1110. The summed E-state index contributed by atoms with van der Waals surface area (Å²) in [7, 11) is 0. The molecule has 1 amide bonds. The van der Waals surface area contributed by atoms with Crippen LogP contribution in [0.15, 0.2) is 84.9 Å². The van der Waals surface area contributed by atoms with Crippen molar-refractivity contribution in [1.29, 1.82) is 5.41 Å². The molecule has 0 bridgehead atoms. The monoisotopic (exact) mass is 499 g/mol. The molecule has 194 valence electrons. The predicted molar refractivity (Wildman–Crippen MR) is 148 cm³/mol. The highest BCUT2D eigenvalue weighted by atomic mass is 16.3. The molecule has 2 N–H and O–H groups in total. The van der Waals surface area contributed by atoms with Crippen molar-refractivity contribution in [2.75, 3.05) is 13.1 Å². The van der Waals surface area contributed by atoms with E-state index in [0.717, 1.165) is 6.42 Å². The highest BCUT2D eigenvalue weighted by Crippen LogP contribution is 2.34. The molecule has 0 saturated carbocycles. The first-order chi connectivity index (χ1) is 17.8. The van der Waals surface area contributed by atoms with Gasteiger partial charge in [-0.05, 0) is 43.9 Å². The first-order valence-corrected chi connectivity index (χ1v) is 12.7. The van der Waals surface area contributed by atoms with Crippen molar-refractivity contribution in [2.45, 2.75) is 51.6 Å². The van der Waals surface area contributed by atoms with Gasteiger partial charge in [0.15, 0.2) is 0 Å². The molecule has 37 heavy (non-hydrogen) atoms. The number of piperazine rings is 1. The molecule has 0 radical (unpaired) electrons. The molecule has 3 aromatic rings. The van der Waals surface area contributed by atoms with Gasteiger partial charge in [-0.1, -0.05) is 90.5 Å². The number of hydrogen-bond acceptors (Lipinski definition) is 3. The number of nitrogens with zero attached hydrogens (tertiary/aromatic N) is 2. The van der Waals surface area contributed by atoms with Crippen molar-refractivity contribution >= 4 is 18.2 Å². The Morgan fingerprint density at radius 2 is 1.49 bits per heavy atom. The third-order valence-corrected chi connectivity index (χ3v) is 6.85. The van der Waals surface area contributed by atoms with Gasteiger partial charge in [0.25, 0.3) is 6.47 Å². The number of hydrogen-bond donors (Lipinski definition) is 2. The number of aryl methyl sites for hydroxylation is 2. The van der Waals surface area contributed by atoms with E-state index in [2.05, 4.69) is 98.5 Å². The maximum Gasteiger partial charge on any atom is 0.290 e. The highest BCUT2D eigenvalue weighted by Gasteiger charge is 2.39. The second-order valence-corrected chi connectivity index (χ2v) is 9.67. The minimum Gasteiger partial charge on any atom is -0.483 e. The van der Waals surface area contributed by atoms with Gasteiger partial charge in [-0.2, -0.15) is 0 Å². The second-order valence-electron chi connectivity index (χ2n) is 9.67. The zero-order valence-corrected chi connectivity index (χ0v) is 21.9. The van der Waals surface area contributed by atoms with E-state index in [1.807, 2.05) is 17.0 Å². The molecule has 3 aromatic carbocycles. The molecule has 6 heteroatoms. The summed E-state index contributed by atoms with van der Waals surface area (Å²) in [5, 5.41) is 15.9. The van der Waals surface area contributed by atoms with Crippen molar-refractivity contribution in [3.63, 3.8) is 0 Å². The van der Waals surface area contributed by atoms with Gasteiger partial charge < -0.3 is 14.9 Å². The predicted octanol–water partition coefficient (Wildman–Crippen LogP) is 5.36. The van der Waals surface area contributed by atoms with Crippen LogP contribution in [-0.2, 0) is 16.0 Å². The maximum absolute atomic E-state index is 13.1. The van der Waals surface area contributed by atoms with E-state index in [9.17, 15) is 4.79 Å². The molecule has 1 aliphatic heterocycles. The zero-order valence-electron chi connectivity index (χ0n) is 21.9. The van der Waals surface area contributed by atoms with Gasteiger partial charge >= 0.3 is 0 Å². The molecular weight excluding hydrogens is 462 g/mol. The number of carbonyl (C=O) groups is 2. The second kappa shape index (κ2) is 13.4. The minimum atomic E-state index is -0.250. The summed E-state index contributed by atoms with van der Waals surface area (Å²) in [6, 6.07) is 29.7. The first kappa shape index (κ1) is 27.7. The van der Waals surface area contributed by atoms with Crippen molar-refractivity contribution < 1.29 is 14.7 Å². The molecule has 0 aliphatic carbocycles. The Labute approximate surface area is 220 Å². The molecule has 0 spiro atoms. The van der Waals surface area contributed by atoms with Gasteiger partial charge in [0, 0.05) is 24.9 Å². The Balaban J connectivity index is 0.00000121. The number of carbonyl (C=O) groups excluding carboxylic acids is 1. The molecule has 4 rings (SSSR count). The summed E-state index contributed by atoms with van der Waals surface area (Å²) in [6.07, 6.45) is 1.41. The van der Waals surface area contributed by atoms with Crippen molar-refractivity contribution in [2.24, 2.45) is 0 Å². The molecule has 0 unspecified atom stereocenters. The van der Waals surface area contributed by atoms with Crippen LogP contribution in [0.5, 0.6) is 0 Å². The van der Waals surface area contributed by atoms with E-state index in [0.29, 0.717) is 18.8 Å². The SMILES string of the molecule is Cc1ccc(CCC(=N)N2CC(=O)N(C(C)C)C[C@@H]2C(c2ccccc2)c2ccccc2)cc1.O=CO. The molecule has 0 aromatic heterocycles. The van der Waals surface area contributed by atoms with Crippen LogP contribution in [0.25, 0.3) is 0 Å². The Morgan fingerprint density at radius 3 is 1.97 bits per heavy atom. The van der Waals surface area contributed by atoms with Gasteiger partial charge in [0.05, 0.1) is 18.4 Å². The Morgan fingerprint density at radius 1 is 0.973 bits per heavy atom. The number of rotatable bonds is 7. The van der Waals surface area contributed by atoms with Gasteiger partial charge in [0.1, 0.15) is 0 Å². The first-order valence-electron chi connectivity index (χ1n) is 12.7. The third kappa shape index (κ3) is 7.29. The van der Waals surface area contributed by atoms with E-state index < -0.39 is 0 Å². The normalized spacial score (nSPS) is 15.4. The minimum absolute atomic E-state index is 0.00424. The number of carboxylic acid groups (broad SMARTS) is 1. The molecule has 1 fully saturated rings. The van der Waals surface area contributed by atoms with Gasteiger partial charge in [-0.15, -0.1) is 0 Å². The van der Waals surface area contributed by atoms with E-state index in [-0.39, 0.29) is 36.9 Å². The standard InChI is InChI=1S/C30H35N3O.CH2O2/c1-22(2)32-20-27(30(25-10-6-4-7-11-25)26-12-8-5-9-13-26)33(21-29(32)34)28(31)19-18-24-16-14-23(3)15-17-24;2-1-3/h4-17,22,27,30-31H,18-21H2,1-3H3;1H,(H,2,3)/t27-;/m1./s1. The zero-order chi connectivity index (χ0) is 26.8. The van der Waals surface area contributed by atoms with E-state index in [1.165, 1.54) is 22.3 Å². The van der Waals surface area contributed by atoms with Gasteiger partial charge in [-0.3, -0.25) is 15.0 Å². The molecule has 6 nitrogen and oxygen atoms in total. The fourth-order valence-electron chi connectivity index (χ4n) is 4.95. The largest absolute Gasteiger partial charge is 0.483 e. The maximum atomic E-state index is 13.1. The average molecular weight is 500 g/mol. The summed E-state index contributed by atoms with van der Waals surface area (Å²) in [4.78, 5) is 25.5. The topological polar surface area (TPSA) is 84.7 Å². The Hall–Kier alpha value is -3.93. The summed E-state index contributed by atoms with van der Waals surface area (Å²) in [6.45, 7) is 6.86. The van der Waals surface area contributed by atoms with Crippen LogP contribution in [0.1, 0.15) is 48.4 Å². The highest BCUT2D eigenvalue weighted by molar-refractivity contribution is 5.88. The summed E-state index contributed by atoms with van der Waals surface area (Å²) in [5.74, 6) is 0.710. The fourth-order valence-corrected chi connectivity index (χ4v) is 4.95. The fraction of sp³-hybridized carbons (Fsp3) is 0.323. The van der Waals surface area contributed by atoms with Crippen LogP contribution in [-0.4, -0.2) is 58.3 Å². The van der Waals surface area contributed by atoms with Crippen LogP contribution in [0.3, 0.4) is 0 Å². The van der Waals surface area contributed by atoms with Crippen molar-refractivity contribution in [3.8, 4) is 0 Å². The van der Waals surface area contributed by atoms with Crippen molar-refractivity contribution in [1.82, 2.24) is 9.80 Å². The van der Waals surface area contributed by atoms with Gasteiger partial charge in [0.2, 0.25) is 5.91 Å². The van der Waals surface area contributed by atoms with E-state index in [4.69, 9.17) is 15.3 Å². The number of amidine groups is 1. The summed E-state index contributed by atoms with van der Waals surface area (Å²) in [5.41, 5.74) is 4.89. The quantitative estimate of drug-likeness (QED) is 0.260. The van der Waals surface area contributed by atoms with Gasteiger partial charge in [-0.25, -0.2) is 0 Å².